The van der Waals surface area contributed by atoms with E-state index in [1.165, 1.54) is 11.8 Å². The van der Waals surface area contributed by atoms with Crippen molar-refractivity contribution < 1.29 is 19.1 Å². The number of thioether (sulfide) groups is 1. The number of rotatable bonds is 5. The zero-order chi connectivity index (χ0) is 15.1. The number of primary amides is 1. The first-order valence-electron chi connectivity index (χ1n) is 5.52. The van der Waals surface area contributed by atoms with E-state index in [1.807, 2.05) is 25.1 Å². The van der Waals surface area contributed by atoms with Crippen LogP contribution in [-0.2, 0) is 14.3 Å². The molecule has 20 heavy (non-hydrogen) atoms. The Balaban J connectivity index is 2.36. The summed E-state index contributed by atoms with van der Waals surface area (Å²) in [5, 5.41) is 1.80. The topological polar surface area (TPSA) is 98.5 Å². The van der Waals surface area contributed by atoms with Gasteiger partial charge in [-0.05, 0) is 30.7 Å². The van der Waals surface area contributed by atoms with E-state index >= 15 is 0 Å². The van der Waals surface area contributed by atoms with E-state index in [0.29, 0.717) is 0 Å². The highest BCUT2D eigenvalue weighted by atomic mass is 79.9. The van der Waals surface area contributed by atoms with E-state index < -0.39 is 24.5 Å². The summed E-state index contributed by atoms with van der Waals surface area (Å²) in [6.45, 7) is 1.40. The fraction of sp³-hybridized carbons (Fsp3) is 0.250. The Morgan fingerprint density at radius 1 is 1.40 bits per heavy atom. The fourth-order valence-corrected chi connectivity index (χ4v) is 2.56. The Morgan fingerprint density at radius 3 is 2.70 bits per heavy atom. The maximum Gasteiger partial charge on any atom is 0.318 e. The molecule has 1 rings (SSSR count). The minimum atomic E-state index is -0.981. The SMILES string of the molecule is Cc1cc(Br)ccc1SCC(=O)OCC(=O)NC(N)=O. The van der Waals surface area contributed by atoms with Crippen LogP contribution >= 0.6 is 27.7 Å². The van der Waals surface area contributed by atoms with Gasteiger partial charge in [0, 0.05) is 9.37 Å². The number of carbonyl (C=O) groups excluding carboxylic acids is 3. The smallest absolute Gasteiger partial charge is 0.318 e. The van der Waals surface area contributed by atoms with Crippen molar-refractivity contribution in [1.29, 1.82) is 0 Å². The quantitative estimate of drug-likeness (QED) is 0.613. The van der Waals surface area contributed by atoms with Crippen LogP contribution in [0.1, 0.15) is 5.56 Å². The number of halogens is 1. The molecular weight excluding hydrogens is 348 g/mol. The zero-order valence-corrected chi connectivity index (χ0v) is 13.0. The van der Waals surface area contributed by atoms with Gasteiger partial charge in [0.15, 0.2) is 6.61 Å². The Kier molecular flexibility index (Phi) is 6.53. The lowest BCUT2D eigenvalue weighted by Crippen LogP contribution is -2.37. The van der Waals surface area contributed by atoms with Gasteiger partial charge in [-0.2, -0.15) is 0 Å². The minimum Gasteiger partial charge on any atom is -0.455 e. The molecule has 0 atom stereocenters. The van der Waals surface area contributed by atoms with Gasteiger partial charge >= 0.3 is 12.0 Å². The number of ether oxygens (including phenoxy) is 1. The Bertz CT molecular complexity index is 536. The van der Waals surface area contributed by atoms with Crippen molar-refractivity contribution in [2.45, 2.75) is 11.8 Å². The van der Waals surface area contributed by atoms with Gasteiger partial charge in [0.25, 0.3) is 5.91 Å². The van der Waals surface area contributed by atoms with Gasteiger partial charge in [-0.3, -0.25) is 14.9 Å². The van der Waals surface area contributed by atoms with E-state index in [-0.39, 0.29) is 5.75 Å². The molecule has 0 aliphatic heterocycles. The number of hydrogen-bond donors (Lipinski definition) is 2. The maximum atomic E-state index is 11.4. The fourth-order valence-electron chi connectivity index (χ4n) is 1.27. The maximum absolute atomic E-state index is 11.4. The van der Waals surface area contributed by atoms with Crippen LogP contribution in [0.5, 0.6) is 0 Å². The predicted octanol–water partition coefficient (Wildman–Crippen LogP) is 1.59. The molecule has 8 heteroatoms. The molecule has 0 spiro atoms. The standard InChI is InChI=1S/C12H13BrN2O4S/c1-7-4-8(13)2-3-9(7)20-6-11(17)19-5-10(16)15-12(14)18/h2-4H,5-6H2,1H3,(H3,14,15,16,18). The first kappa shape index (κ1) is 16.5. The normalized spacial score (nSPS) is 9.90. The third-order valence-corrected chi connectivity index (χ3v) is 3.75. The average Bonchev–Trinajstić information content (AvgIpc) is 2.34. The van der Waals surface area contributed by atoms with Crippen LogP contribution in [0.4, 0.5) is 4.79 Å². The van der Waals surface area contributed by atoms with Crippen molar-refractivity contribution >= 4 is 45.6 Å². The summed E-state index contributed by atoms with van der Waals surface area (Å²) in [6, 6.07) is 4.72. The van der Waals surface area contributed by atoms with E-state index in [4.69, 9.17) is 10.5 Å². The van der Waals surface area contributed by atoms with Crippen molar-refractivity contribution in [2.75, 3.05) is 12.4 Å². The summed E-state index contributed by atoms with van der Waals surface area (Å²) in [5.74, 6) is -1.22. The van der Waals surface area contributed by atoms with Gasteiger partial charge in [0.1, 0.15) is 0 Å². The summed E-state index contributed by atoms with van der Waals surface area (Å²) in [4.78, 5) is 33.8. The zero-order valence-electron chi connectivity index (χ0n) is 10.6. The predicted molar refractivity (Wildman–Crippen MR) is 78.3 cm³/mol. The highest BCUT2D eigenvalue weighted by Gasteiger charge is 2.10. The molecule has 0 aliphatic carbocycles. The van der Waals surface area contributed by atoms with Crippen LogP contribution < -0.4 is 11.1 Å². The van der Waals surface area contributed by atoms with Crippen LogP contribution in [0.25, 0.3) is 0 Å². The minimum absolute atomic E-state index is 0.0757. The van der Waals surface area contributed by atoms with Gasteiger partial charge in [-0.1, -0.05) is 15.9 Å². The second kappa shape index (κ2) is 7.91. The average molecular weight is 361 g/mol. The number of esters is 1. The Labute approximate surface area is 128 Å². The number of hydrogen-bond acceptors (Lipinski definition) is 5. The lowest BCUT2D eigenvalue weighted by atomic mass is 10.2. The number of benzene rings is 1. The van der Waals surface area contributed by atoms with Gasteiger partial charge < -0.3 is 10.5 Å². The molecule has 0 unspecified atom stereocenters. The molecule has 1 aromatic rings. The first-order valence-corrected chi connectivity index (χ1v) is 7.30. The summed E-state index contributed by atoms with van der Waals surface area (Å²) >= 11 is 4.66. The van der Waals surface area contributed by atoms with Gasteiger partial charge in [-0.15, -0.1) is 11.8 Å². The monoisotopic (exact) mass is 360 g/mol. The molecule has 6 nitrogen and oxygen atoms in total. The lowest BCUT2D eigenvalue weighted by molar-refractivity contribution is -0.145. The van der Waals surface area contributed by atoms with E-state index in [1.54, 1.807) is 5.32 Å². The summed E-state index contributed by atoms with van der Waals surface area (Å²) < 4.78 is 5.66. The first-order chi connectivity index (χ1) is 9.38. The third-order valence-electron chi connectivity index (χ3n) is 2.11. The van der Waals surface area contributed by atoms with Crippen LogP contribution in [0.3, 0.4) is 0 Å². The Hall–Kier alpha value is -1.54. The number of nitrogens with one attached hydrogen (secondary N) is 1. The molecule has 0 saturated carbocycles. The summed E-state index contributed by atoms with van der Waals surface area (Å²) in [6.07, 6.45) is 0. The van der Waals surface area contributed by atoms with Crippen LogP contribution in [0.2, 0.25) is 0 Å². The van der Waals surface area contributed by atoms with Gasteiger partial charge in [0.05, 0.1) is 5.75 Å². The number of urea groups is 1. The van der Waals surface area contributed by atoms with E-state index in [9.17, 15) is 14.4 Å². The van der Waals surface area contributed by atoms with Crippen LogP contribution in [-0.4, -0.2) is 30.3 Å². The van der Waals surface area contributed by atoms with Gasteiger partial charge in [-0.25, -0.2) is 4.79 Å². The van der Waals surface area contributed by atoms with Crippen LogP contribution in [0.15, 0.2) is 27.6 Å². The molecule has 0 saturated heterocycles. The van der Waals surface area contributed by atoms with Gasteiger partial charge in [0.2, 0.25) is 0 Å². The molecule has 3 amide bonds. The second-order valence-corrected chi connectivity index (χ2v) is 5.70. The van der Waals surface area contributed by atoms with Crippen LogP contribution in [0, 0.1) is 6.92 Å². The molecule has 3 N–H and O–H groups in total. The summed E-state index contributed by atoms with van der Waals surface area (Å²) in [5.41, 5.74) is 5.78. The highest BCUT2D eigenvalue weighted by molar-refractivity contribution is 9.10. The number of amides is 3. The van der Waals surface area contributed by atoms with Crippen molar-refractivity contribution in [3.05, 3.63) is 28.2 Å². The summed E-state index contributed by atoms with van der Waals surface area (Å²) in [7, 11) is 0. The molecule has 0 aliphatic rings. The molecule has 1 aromatic carbocycles. The highest BCUT2D eigenvalue weighted by Crippen LogP contribution is 2.25. The van der Waals surface area contributed by atoms with Crippen molar-refractivity contribution in [3.8, 4) is 0 Å². The lowest BCUT2D eigenvalue weighted by Gasteiger charge is -2.06. The number of nitrogens with two attached hydrogens (primary N) is 1. The number of carbonyl (C=O) groups is 3. The third kappa shape index (κ3) is 6.07. The van der Waals surface area contributed by atoms with Crippen molar-refractivity contribution in [1.82, 2.24) is 5.32 Å². The molecular formula is C12H13BrN2O4S. The van der Waals surface area contributed by atoms with Crippen molar-refractivity contribution in [3.63, 3.8) is 0 Å². The molecule has 0 heterocycles. The van der Waals surface area contributed by atoms with Crippen molar-refractivity contribution in [2.24, 2.45) is 5.73 Å². The second-order valence-electron chi connectivity index (χ2n) is 3.77. The molecule has 108 valence electrons. The Morgan fingerprint density at radius 2 is 2.10 bits per heavy atom. The molecule has 0 radical (unpaired) electrons. The van der Waals surface area contributed by atoms with E-state index in [0.717, 1.165) is 14.9 Å². The number of aryl methyl sites for hydroxylation is 1. The largest absolute Gasteiger partial charge is 0.455 e. The molecule has 0 aromatic heterocycles. The molecule has 0 fully saturated rings. The number of imide groups is 1. The molecule has 0 bridgehead atoms. The van der Waals surface area contributed by atoms with E-state index in [2.05, 4.69) is 15.9 Å².